The maximum absolute atomic E-state index is 13.4. The molecule has 2 aliphatic rings. The highest BCUT2D eigenvalue weighted by Crippen LogP contribution is 2.44. The molecule has 2 heterocycles. The Morgan fingerprint density at radius 2 is 1.83 bits per heavy atom. The van der Waals surface area contributed by atoms with E-state index < -0.39 is 0 Å². The molecule has 3 N–H and O–H groups in total. The van der Waals surface area contributed by atoms with Gasteiger partial charge in [-0.3, -0.25) is 9.69 Å². The first-order chi connectivity index (χ1) is 13.8. The lowest BCUT2D eigenvalue weighted by Crippen LogP contribution is -2.43. The molecule has 5 heteroatoms. The average Bonchev–Trinajstić information content (AvgIpc) is 3.08. The number of anilines is 1. The van der Waals surface area contributed by atoms with Gasteiger partial charge in [-0.25, -0.2) is 0 Å². The van der Waals surface area contributed by atoms with E-state index in [1.165, 1.54) is 5.56 Å². The van der Waals surface area contributed by atoms with E-state index in [2.05, 4.69) is 47.8 Å². The third-order valence-corrected chi connectivity index (χ3v) is 6.68. The highest BCUT2D eigenvalue weighted by atomic mass is 16.1. The number of hydrogen-bond donors (Lipinski definition) is 2. The summed E-state index contributed by atoms with van der Waals surface area (Å²) in [6.07, 6.45) is 0. The summed E-state index contributed by atoms with van der Waals surface area (Å²) in [5.74, 6) is 0.108. The predicted molar refractivity (Wildman–Crippen MR) is 117 cm³/mol. The summed E-state index contributed by atoms with van der Waals surface area (Å²) in [6.45, 7) is 9.73. The summed E-state index contributed by atoms with van der Waals surface area (Å²) < 4.78 is 0. The summed E-state index contributed by atoms with van der Waals surface area (Å²) in [7, 11) is 2.18. The van der Waals surface area contributed by atoms with Gasteiger partial charge >= 0.3 is 0 Å². The Bertz CT molecular complexity index is 1120. The average molecular weight is 389 g/mol. The molecule has 1 fully saturated rings. The quantitative estimate of drug-likeness (QED) is 0.661. The lowest BCUT2D eigenvalue weighted by atomic mass is 9.71. The van der Waals surface area contributed by atoms with Crippen LogP contribution in [0.3, 0.4) is 0 Å². The van der Waals surface area contributed by atoms with Gasteiger partial charge < -0.3 is 15.6 Å². The van der Waals surface area contributed by atoms with Gasteiger partial charge in [-0.1, -0.05) is 38.1 Å². The fraction of sp³-hybridized carbons (Fsp3) is 0.375. The Hall–Kier alpha value is -2.63. The van der Waals surface area contributed by atoms with Crippen molar-refractivity contribution in [1.29, 1.82) is 0 Å². The number of nitrogens with zero attached hydrogens (tertiary/aromatic N) is 2. The largest absolute Gasteiger partial charge is 0.399 e. The third kappa shape index (κ3) is 2.88. The molecule has 0 spiro atoms. The van der Waals surface area contributed by atoms with Gasteiger partial charge in [-0.2, -0.15) is 0 Å². The molecule has 0 radical (unpaired) electrons. The Morgan fingerprint density at radius 1 is 1.07 bits per heavy atom. The molecule has 1 aliphatic carbocycles. The van der Waals surface area contributed by atoms with E-state index in [1.807, 2.05) is 24.3 Å². The summed E-state index contributed by atoms with van der Waals surface area (Å²) in [5.41, 5.74) is 12.3. The Labute approximate surface area is 171 Å². The Kier molecular flexibility index (Phi) is 4.09. The molecule has 5 rings (SSSR count). The maximum atomic E-state index is 13.4. The number of hydrogen-bond acceptors (Lipinski definition) is 4. The number of fused-ring (bicyclic) bond motifs is 4. The smallest absolute Gasteiger partial charge is 0.195 e. The minimum Gasteiger partial charge on any atom is -0.399 e. The number of aromatic nitrogens is 1. The number of carbonyl (C=O) groups excluding carboxylic acids is 1. The van der Waals surface area contributed by atoms with Gasteiger partial charge in [-0.15, -0.1) is 0 Å². The second-order valence-electron chi connectivity index (χ2n) is 9.09. The van der Waals surface area contributed by atoms with Crippen LogP contribution in [-0.4, -0.2) is 53.8 Å². The molecule has 5 nitrogen and oxygen atoms in total. The maximum Gasteiger partial charge on any atom is 0.195 e. The second-order valence-corrected chi connectivity index (χ2v) is 9.09. The van der Waals surface area contributed by atoms with Crippen LogP contribution in [0.2, 0.25) is 0 Å². The number of nitrogens with two attached hydrogens (primary N) is 1. The Balaban J connectivity index is 1.56. The topological polar surface area (TPSA) is 65.4 Å². The molecule has 3 aromatic rings. The minimum atomic E-state index is -0.273. The molecule has 1 saturated heterocycles. The first kappa shape index (κ1) is 18.4. The van der Waals surface area contributed by atoms with E-state index in [1.54, 1.807) is 0 Å². The molecular formula is C24H28N4O. The number of nitrogen functional groups attached to an aromatic ring is 1. The van der Waals surface area contributed by atoms with Gasteiger partial charge in [-0.05, 0) is 30.3 Å². The van der Waals surface area contributed by atoms with E-state index in [0.29, 0.717) is 5.69 Å². The standard InChI is InChI=1S/C24H28N4O/c1-24(2)19-12-15(14-28-10-8-27(3)9-11-28)4-6-17(19)22(29)21-18-7-5-16(25)13-20(18)26-23(21)24/h4-7,12-13,26H,8-11,14,25H2,1-3H3. The molecule has 1 aromatic heterocycles. The summed E-state index contributed by atoms with van der Waals surface area (Å²) in [5, 5.41) is 0.958. The highest BCUT2D eigenvalue weighted by Gasteiger charge is 2.39. The number of rotatable bonds is 2. The number of piperazine rings is 1. The highest BCUT2D eigenvalue weighted by molar-refractivity contribution is 6.20. The molecule has 0 amide bonds. The van der Waals surface area contributed by atoms with Gasteiger partial charge in [0.05, 0.1) is 5.56 Å². The number of aromatic amines is 1. The van der Waals surface area contributed by atoms with E-state index in [9.17, 15) is 4.79 Å². The molecule has 0 bridgehead atoms. The molecular weight excluding hydrogens is 360 g/mol. The summed E-state index contributed by atoms with van der Waals surface area (Å²) in [4.78, 5) is 21.8. The van der Waals surface area contributed by atoms with Crippen molar-refractivity contribution in [3.63, 3.8) is 0 Å². The van der Waals surface area contributed by atoms with Crippen molar-refractivity contribution >= 4 is 22.4 Å². The predicted octanol–water partition coefficient (Wildman–Crippen LogP) is 3.37. The number of nitrogens with one attached hydrogen (secondary N) is 1. The van der Waals surface area contributed by atoms with Crippen LogP contribution in [0.1, 0.15) is 46.6 Å². The fourth-order valence-electron chi connectivity index (χ4n) is 4.86. The van der Waals surface area contributed by atoms with E-state index in [-0.39, 0.29) is 11.2 Å². The fourth-order valence-corrected chi connectivity index (χ4v) is 4.86. The van der Waals surface area contributed by atoms with Crippen molar-refractivity contribution in [2.24, 2.45) is 0 Å². The Morgan fingerprint density at radius 3 is 2.59 bits per heavy atom. The SMILES string of the molecule is CN1CCN(Cc2ccc3c(c2)C(C)(C)c2[nH]c4cc(N)ccc4c2C3=O)CC1. The molecule has 0 unspecified atom stereocenters. The van der Waals surface area contributed by atoms with Gasteiger partial charge in [0.2, 0.25) is 0 Å². The van der Waals surface area contributed by atoms with Crippen LogP contribution in [0.25, 0.3) is 10.9 Å². The van der Waals surface area contributed by atoms with E-state index in [4.69, 9.17) is 5.73 Å². The van der Waals surface area contributed by atoms with Crippen molar-refractivity contribution in [1.82, 2.24) is 14.8 Å². The van der Waals surface area contributed by atoms with Crippen molar-refractivity contribution in [2.75, 3.05) is 39.0 Å². The van der Waals surface area contributed by atoms with Crippen LogP contribution in [0.5, 0.6) is 0 Å². The van der Waals surface area contributed by atoms with Gasteiger partial charge in [0, 0.05) is 66.0 Å². The van der Waals surface area contributed by atoms with Gasteiger partial charge in [0.15, 0.2) is 5.78 Å². The summed E-state index contributed by atoms with van der Waals surface area (Å²) in [6, 6.07) is 12.1. The van der Waals surface area contributed by atoms with Gasteiger partial charge in [0.1, 0.15) is 0 Å². The lowest BCUT2D eigenvalue weighted by Gasteiger charge is -2.34. The number of ketones is 1. The first-order valence-electron chi connectivity index (χ1n) is 10.4. The molecule has 0 atom stereocenters. The van der Waals surface area contributed by atoms with Crippen molar-refractivity contribution in [2.45, 2.75) is 25.8 Å². The molecule has 29 heavy (non-hydrogen) atoms. The number of H-pyrrole nitrogens is 1. The van der Waals surface area contributed by atoms with Crippen molar-refractivity contribution < 1.29 is 4.79 Å². The first-order valence-corrected chi connectivity index (χ1v) is 10.4. The van der Waals surface area contributed by atoms with Crippen molar-refractivity contribution in [3.05, 3.63) is 64.3 Å². The third-order valence-electron chi connectivity index (χ3n) is 6.68. The number of likely N-dealkylation sites (N-methyl/N-ethyl adjacent to an activating group) is 1. The van der Waals surface area contributed by atoms with Crippen molar-refractivity contribution in [3.8, 4) is 0 Å². The molecule has 0 saturated carbocycles. The normalized spacial score (nSPS) is 19.3. The van der Waals surface area contributed by atoms with Crippen LogP contribution in [0, 0.1) is 0 Å². The zero-order valence-electron chi connectivity index (χ0n) is 17.4. The van der Waals surface area contributed by atoms with Crippen LogP contribution >= 0.6 is 0 Å². The van der Waals surface area contributed by atoms with Gasteiger partial charge in [0.25, 0.3) is 0 Å². The van der Waals surface area contributed by atoms with Crippen LogP contribution in [0.4, 0.5) is 5.69 Å². The number of carbonyl (C=O) groups is 1. The molecule has 2 aromatic carbocycles. The lowest BCUT2D eigenvalue weighted by molar-refractivity contribution is 0.103. The van der Waals surface area contributed by atoms with E-state index >= 15 is 0 Å². The van der Waals surface area contributed by atoms with E-state index in [0.717, 1.165) is 66.0 Å². The molecule has 1 aliphatic heterocycles. The second kappa shape index (κ2) is 6.44. The van der Waals surface area contributed by atoms with Crippen LogP contribution < -0.4 is 5.73 Å². The van der Waals surface area contributed by atoms with Crippen LogP contribution in [-0.2, 0) is 12.0 Å². The van der Waals surface area contributed by atoms with Crippen LogP contribution in [0.15, 0.2) is 36.4 Å². The minimum absolute atomic E-state index is 0.108. The monoisotopic (exact) mass is 388 g/mol. The summed E-state index contributed by atoms with van der Waals surface area (Å²) >= 11 is 0. The zero-order valence-corrected chi connectivity index (χ0v) is 17.4. The molecule has 150 valence electrons. The zero-order chi connectivity index (χ0) is 20.3. The number of benzene rings is 2.